The van der Waals surface area contributed by atoms with Crippen molar-refractivity contribution in [2.24, 2.45) is 5.92 Å². The minimum absolute atomic E-state index is 0. The van der Waals surface area contributed by atoms with Gasteiger partial charge in [-0.2, -0.15) is 0 Å². The molecule has 1 saturated heterocycles. The second kappa shape index (κ2) is 7.94. The smallest absolute Gasteiger partial charge is 0.258 e. The fraction of sp³-hybridized carbons (Fsp3) is 0.588. The Kier molecular flexibility index (Phi) is 6.18. The molecule has 7 heteroatoms. The van der Waals surface area contributed by atoms with Gasteiger partial charge in [-0.25, -0.2) is 4.98 Å². The van der Waals surface area contributed by atoms with Gasteiger partial charge in [0.25, 0.3) is 11.6 Å². The van der Waals surface area contributed by atoms with E-state index in [0.29, 0.717) is 17.2 Å². The number of carbonyl (C=O) groups excluding carboxylic acids is 1. The highest BCUT2D eigenvalue weighted by Gasteiger charge is 2.26. The lowest BCUT2D eigenvalue weighted by molar-refractivity contribution is 0.0692. The van der Waals surface area contributed by atoms with Gasteiger partial charge < -0.3 is 14.7 Å². The summed E-state index contributed by atoms with van der Waals surface area (Å²) in [7, 11) is 0. The number of amides is 1. The van der Waals surface area contributed by atoms with Crippen LogP contribution in [0.5, 0.6) is 0 Å². The van der Waals surface area contributed by atoms with E-state index in [0.717, 1.165) is 55.8 Å². The van der Waals surface area contributed by atoms with E-state index >= 15 is 0 Å². The molecule has 1 fully saturated rings. The first-order valence-corrected chi connectivity index (χ1v) is 8.33. The number of piperidine rings is 1. The summed E-state index contributed by atoms with van der Waals surface area (Å²) < 4.78 is 5.23. The molecule has 6 nitrogen and oxygen atoms in total. The van der Waals surface area contributed by atoms with Crippen LogP contribution in [0.15, 0.2) is 10.6 Å². The highest BCUT2D eigenvalue weighted by Crippen LogP contribution is 2.25. The summed E-state index contributed by atoms with van der Waals surface area (Å²) in [5.74, 6) is 0.726. The largest absolute Gasteiger partial charge is 0.339 e. The molecule has 132 valence electrons. The molecular weight excluding hydrogens is 328 g/mol. The molecule has 1 N–H and O–H groups in total. The van der Waals surface area contributed by atoms with Gasteiger partial charge in [-0.15, -0.1) is 12.4 Å². The van der Waals surface area contributed by atoms with Crippen molar-refractivity contribution in [2.75, 3.05) is 26.2 Å². The standard InChI is InChI=1S/C17H24N4O2.ClH/c1-4-18-10-13-5-7-21(8-6-13)17(22)14-9-11(2)19-16-15(14)12(3)20-23-16;/h9,13,18H,4-8,10H2,1-3H3;1H. The second-order valence-corrected chi connectivity index (χ2v) is 6.30. The van der Waals surface area contributed by atoms with Crippen molar-refractivity contribution >= 4 is 29.4 Å². The third kappa shape index (κ3) is 3.70. The lowest BCUT2D eigenvalue weighted by Gasteiger charge is -2.32. The summed E-state index contributed by atoms with van der Waals surface area (Å²) in [5.41, 5.74) is 2.61. The van der Waals surface area contributed by atoms with Gasteiger partial charge in [0.2, 0.25) is 0 Å². The fourth-order valence-electron chi connectivity index (χ4n) is 3.25. The topological polar surface area (TPSA) is 71.3 Å². The Hall–Kier alpha value is -1.66. The molecule has 2 aromatic rings. The van der Waals surface area contributed by atoms with Crippen molar-refractivity contribution in [3.05, 3.63) is 23.0 Å². The van der Waals surface area contributed by atoms with Gasteiger partial charge in [-0.3, -0.25) is 4.79 Å². The molecule has 0 aliphatic carbocycles. The number of aryl methyl sites for hydroxylation is 2. The Morgan fingerprint density at radius 2 is 2.08 bits per heavy atom. The van der Waals surface area contributed by atoms with Crippen LogP contribution in [0.4, 0.5) is 0 Å². The van der Waals surface area contributed by atoms with Gasteiger partial charge in [-0.05, 0) is 51.8 Å². The lowest BCUT2D eigenvalue weighted by atomic mass is 9.96. The fourth-order valence-corrected chi connectivity index (χ4v) is 3.25. The number of halogens is 1. The van der Waals surface area contributed by atoms with Crippen LogP contribution in [0.1, 0.15) is 41.5 Å². The Morgan fingerprint density at radius 1 is 1.38 bits per heavy atom. The average Bonchev–Trinajstić information content (AvgIpc) is 2.93. The molecule has 0 radical (unpaired) electrons. The van der Waals surface area contributed by atoms with Crippen LogP contribution in [0.3, 0.4) is 0 Å². The molecule has 0 spiro atoms. The Balaban J connectivity index is 0.00000208. The molecule has 0 unspecified atom stereocenters. The normalized spacial score (nSPS) is 15.5. The molecule has 2 aromatic heterocycles. The third-order valence-electron chi connectivity index (χ3n) is 4.56. The highest BCUT2D eigenvalue weighted by molar-refractivity contribution is 6.06. The first-order valence-electron chi connectivity index (χ1n) is 8.33. The maximum Gasteiger partial charge on any atom is 0.258 e. The lowest BCUT2D eigenvalue weighted by Crippen LogP contribution is -2.40. The summed E-state index contributed by atoms with van der Waals surface area (Å²) in [5, 5.41) is 8.10. The van der Waals surface area contributed by atoms with E-state index in [1.54, 1.807) is 0 Å². The maximum atomic E-state index is 12.9. The SMILES string of the molecule is CCNCC1CCN(C(=O)c2cc(C)nc3onc(C)c23)CC1.Cl. The van der Waals surface area contributed by atoms with Crippen LogP contribution in [0.2, 0.25) is 0 Å². The molecule has 0 bridgehead atoms. The van der Waals surface area contributed by atoms with Gasteiger partial charge in [0.1, 0.15) is 0 Å². The van der Waals surface area contributed by atoms with E-state index in [9.17, 15) is 4.79 Å². The van der Waals surface area contributed by atoms with E-state index in [1.807, 2.05) is 24.8 Å². The number of rotatable bonds is 4. The number of fused-ring (bicyclic) bond motifs is 1. The zero-order valence-electron chi connectivity index (χ0n) is 14.5. The predicted molar refractivity (Wildman–Crippen MR) is 95.7 cm³/mol. The molecule has 1 aliphatic rings. The van der Waals surface area contributed by atoms with Crippen molar-refractivity contribution in [3.63, 3.8) is 0 Å². The molecule has 24 heavy (non-hydrogen) atoms. The van der Waals surface area contributed by atoms with Gasteiger partial charge in [0.05, 0.1) is 16.6 Å². The maximum absolute atomic E-state index is 12.9. The van der Waals surface area contributed by atoms with Crippen molar-refractivity contribution in [1.82, 2.24) is 20.4 Å². The summed E-state index contributed by atoms with van der Waals surface area (Å²) in [6.07, 6.45) is 2.10. The first kappa shape index (κ1) is 18.7. The van der Waals surface area contributed by atoms with Gasteiger partial charge in [-0.1, -0.05) is 12.1 Å². The van der Waals surface area contributed by atoms with E-state index in [4.69, 9.17) is 4.52 Å². The Labute approximate surface area is 148 Å². The Bertz CT molecular complexity index is 708. The number of hydrogen-bond acceptors (Lipinski definition) is 5. The van der Waals surface area contributed by atoms with E-state index < -0.39 is 0 Å². The highest BCUT2D eigenvalue weighted by atomic mass is 35.5. The number of aromatic nitrogens is 2. The third-order valence-corrected chi connectivity index (χ3v) is 4.56. The molecule has 0 aromatic carbocycles. The monoisotopic (exact) mass is 352 g/mol. The number of pyridine rings is 1. The minimum Gasteiger partial charge on any atom is -0.339 e. The van der Waals surface area contributed by atoms with Crippen LogP contribution in [-0.2, 0) is 0 Å². The summed E-state index contributed by atoms with van der Waals surface area (Å²) in [4.78, 5) is 19.2. The predicted octanol–water partition coefficient (Wildman–Crippen LogP) is 2.72. The van der Waals surface area contributed by atoms with Crippen LogP contribution in [0.25, 0.3) is 11.1 Å². The molecule has 1 aliphatic heterocycles. The van der Waals surface area contributed by atoms with Crippen LogP contribution in [-0.4, -0.2) is 47.1 Å². The van der Waals surface area contributed by atoms with Crippen molar-refractivity contribution < 1.29 is 9.32 Å². The second-order valence-electron chi connectivity index (χ2n) is 6.30. The Morgan fingerprint density at radius 3 is 2.75 bits per heavy atom. The molecule has 3 rings (SSSR count). The number of hydrogen-bond donors (Lipinski definition) is 1. The van der Waals surface area contributed by atoms with Crippen LogP contribution >= 0.6 is 12.4 Å². The van der Waals surface area contributed by atoms with Crippen LogP contribution in [0, 0.1) is 19.8 Å². The summed E-state index contributed by atoms with van der Waals surface area (Å²) in [6, 6.07) is 1.85. The first-order chi connectivity index (χ1) is 11.1. The quantitative estimate of drug-likeness (QED) is 0.916. The van der Waals surface area contributed by atoms with E-state index in [2.05, 4.69) is 22.4 Å². The molecule has 1 amide bonds. The molecule has 3 heterocycles. The zero-order valence-corrected chi connectivity index (χ0v) is 15.3. The number of likely N-dealkylation sites (tertiary alicyclic amines) is 1. The van der Waals surface area contributed by atoms with E-state index in [-0.39, 0.29) is 18.3 Å². The molecule has 0 atom stereocenters. The van der Waals surface area contributed by atoms with Crippen LogP contribution < -0.4 is 5.32 Å². The number of nitrogens with zero attached hydrogens (tertiary/aromatic N) is 3. The number of nitrogens with one attached hydrogen (secondary N) is 1. The van der Waals surface area contributed by atoms with Crippen molar-refractivity contribution in [3.8, 4) is 0 Å². The van der Waals surface area contributed by atoms with Gasteiger partial charge in [0, 0.05) is 18.8 Å². The number of carbonyl (C=O) groups is 1. The van der Waals surface area contributed by atoms with Gasteiger partial charge in [0.15, 0.2) is 0 Å². The average molecular weight is 353 g/mol. The summed E-state index contributed by atoms with van der Waals surface area (Å²) in [6.45, 7) is 9.50. The zero-order chi connectivity index (χ0) is 16.4. The minimum atomic E-state index is 0. The summed E-state index contributed by atoms with van der Waals surface area (Å²) >= 11 is 0. The molecule has 0 saturated carbocycles. The van der Waals surface area contributed by atoms with Crippen molar-refractivity contribution in [1.29, 1.82) is 0 Å². The molecular formula is C17H25ClN4O2. The van der Waals surface area contributed by atoms with Gasteiger partial charge >= 0.3 is 0 Å². The van der Waals surface area contributed by atoms with Crippen molar-refractivity contribution in [2.45, 2.75) is 33.6 Å². The van der Waals surface area contributed by atoms with E-state index in [1.165, 1.54) is 0 Å².